The van der Waals surface area contributed by atoms with Crippen molar-refractivity contribution in [2.24, 2.45) is 0 Å². The first-order chi connectivity index (χ1) is 22.0. The number of ether oxygens (including phenoxy) is 1. The van der Waals surface area contributed by atoms with Crippen molar-refractivity contribution in [3.8, 4) is 0 Å². The lowest BCUT2D eigenvalue weighted by Crippen LogP contribution is -2.53. The number of halogens is 1. The van der Waals surface area contributed by atoms with Gasteiger partial charge in [0.25, 0.3) is 0 Å². The van der Waals surface area contributed by atoms with Gasteiger partial charge in [-0.05, 0) is 50.2 Å². The number of amides is 3. The molecule has 2 bridgehead atoms. The van der Waals surface area contributed by atoms with Crippen molar-refractivity contribution in [2.75, 3.05) is 39.8 Å². The molecule has 1 unspecified atom stereocenters. The average molecular weight is 625 g/mol. The molecular weight excluding hydrogens is 571 g/mol. The Bertz CT molecular complexity index is 1140. The van der Waals surface area contributed by atoms with Crippen molar-refractivity contribution in [2.45, 2.75) is 71.3 Å². The van der Waals surface area contributed by atoms with Gasteiger partial charge in [-0.15, -0.1) is 19.7 Å². The molecule has 0 aromatic rings. The minimum absolute atomic E-state index is 0.0361. The fourth-order valence-electron chi connectivity index (χ4n) is 5.22. The van der Waals surface area contributed by atoms with Crippen LogP contribution in [0.15, 0.2) is 97.3 Å². The zero-order valence-electron chi connectivity index (χ0n) is 27.5. The molecule has 0 aromatic carbocycles. The second kappa shape index (κ2) is 23.3. The van der Waals surface area contributed by atoms with Gasteiger partial charge in [0.1, 0.15) is 11.9 Å². The van der Waals surface area contributed by atoms with E-state index in [1.54, 1.807) is 36.3 Å². The maximum absolute atomic E-state index is 15.9. The number of nitrogens with zero attached hydrogens (tertiary/aromatic N) is 2. The van der Waals surface area contributed by atoms with E-state index in [1.165, 1.54) is 11.2 Å². The molecule has 9 heteroatoms. The lowest BCUT2D eigenvalue weighted by molar-refractivity contribution is -0.140. The molecule has 3 aliphatic heterocycles. The Morgan fingerprint density at radius 2 is 1.82 bits per heavy atom. The molecule has 248 valence electrons. The molecule has 0 saturated carbocycles. The first-order valence-electron chi connectivity index (χ1n) is 15.9. The predicted molar refractivity (Wildman–Crippen MR) is 182 cm³/mol. The van der Waals surface area contributed by atoms with Crippen LogP contribution in [-0.4, -0.2) is 73.4 Å². The highest BCUT2D eigenvalue weighted by Gasteiger charge is 2.39. The third-order valence-electron chi connectivity index (χ3n) is 7.31. The molecule has 45 heavy (non-hydrogen) atoms. The van der Waals surface area contributed by atoms with Gasteiger partial charge in [0.05, 0.1) is 13.4 Å². The number of hydrogen-bond donors (Lipinski definition) is 2. The molecule has 1 atom stereocenters. The fraction of sp³-hybridized carbons (Fsp3) is 0.472. The number of carbonyl (C=O) groups excluding carboxylic acids is 3. The van der Waals surface area contributed by atoms with Gasteiger partial charge >= 0.3 is 0 Å². The molecule has 0 aromatic heterocycles. The average Bonchev–Trinajstić information content (AvgIpc) is 3.24. The van der Waals surface area contributed by atoms with Crippen LogP contribution < -0.4 is 10.6 Å². The number of nitrogens with one attached hydrogen (secondary N) is 2. The monoisotopic (exact) mass is 624 g/mol. The van der Waals surface area contributed by atoms with Gasteiger partial charge in [0, 0.05) is 56.8 Å². The number of carbonyl (C=O) groups is 3. The maximum Gasteiger partial charge on any atom is 0.247 e. The molecule has 2 fully saturated rings. The van der Waals surface area contributed by atoms with E-state index < -0.39 is 17.8 Å². The number of hydrogen-bond acceptors (Lipinski definition) is 5. The van der Waals surface area contributed by atoms with Crippen LogP contribution in [0.1, 0.15) is 65.2 Å². The Hall–Kier alpha value is -4.14. The van der Waals surface area contributed by atoms with Gasteiger partial charge in [0.2, 0.25) is 17.7 Å². The molecule has 2 N–H and O–H groups in total. The Morgan fingerprint density at radius 3 is 2.51 bits per heavy atom. The second-order valence-corrected chi connectivity index (χ2v) is 10.1. The smallest absolute Gasteiger partial charge is 0.247 e. The predicted octanol–water partition coefficient (Wildman–Crippen LogP) is 6.20. The molecule has 0 radical (unpaired) electrons. The number of methoxy groups -OCH3 is 1. The topological polar surface area (TPSA) is 91.0 Å². The summed E-state index contributed by atoms with van der Waals surface area (Å²) in [5, 5.41) is 6.05. The number of likely N-dealkylation sites (tertiary alicyclic amines) is 1. The van der Waals surface area contributed by atoms with Gasteiger partial charge in [0.15, 0.2) is 0 Å². The fourth-order valence-corrected chi connectivity index (χ4v) is 5.22. The summed E-state index contributed by atoms with van der Waals surface area (Å²) >= 11 is 0. The van der Waals surface area contributed by atoms with E-state index in [4.69, 9.17) is 4.74 Å². The Balaban J connectivity index is 0.00000243. The van der Waals surface area contributed by atoms with Crippen LogP contribution in [-0.2, 0) is 19.1 Å². The third kappa shape index (κ3) is 12.8. The number of fused-ring (bicyclic) bond motifs is 4. The normalized spacial score (nSPS) is 16.8. The quantitative estimate of drug-likeness (QED) is 0.121. The van der Waals surface area contributed by atoms with E-state index in [1.807, 2.05) is 38.2 Å². The van der Waals surface area contributed by atoms with Crippen LogP contribution in [0.25, 0.3) is 0 Å². The zero-order valence-corrected chi connectivity index (χ0v) is 27.5. The molecule has 1 aliphatic carbocycles. The van der Waals surface area contributed by atoms with Gasteiger partial charge in [-0.1, -0.05) is 56.4 Å². The standard InChI is InChI=1S/C32H43FN4O4.C2H6.C2H4/c1-3-4-5-6-8-11-19-34-32(40)31(29-25-15-13-16-26(30(29)33)35-24-25)37(22-21-36-20-14-18-27(36)38)28(39)17-10-7-9-12-23-41-2;2*1-2/h3,5-9,11-12,23,31,35H,1,4,10,13-22,24H2,2H3,(H,34,40);1-2H3;1-2H2/b6-5-,9-7+,11-8+,23-12+;;. The minimum Gasteiger partial charge on any atom is -0.504 e. The Kier molecular flexibility index (Phi) is 20.1. The zero-order chi connectivity index (χ0) is 33.5. The van der Waals surface area contributed by atoms with Crippen LogP contribution in [0, 0.1) is 0 Å². The van der Waals surface area contributed by atoms with Gasteiger partial charge in [-0.2, -0.15) is 0 Å². The Labute approximate surface area is 269 Å². The maximum atomic E-state index is 15.9. The largest absolute Gasteiger partial charge is 0.504 e. The lowest BCUT2D eigenvalue weighted by Gasteiger charge is -2.36. The molecular formula is C36H53FN4O4. The summed E-state index contributed by atoms with van der Waals surface area (Å²) < 4.78 is 20.8. The molecule has 2 saturated heterocycles. The van der Waals surface area contributed by atoms with Crippen LogP contribution in [0.2, 0.25) is 0 Å². The third-order valence-corrected chi connectivity index (χ3v) is 7.31. The molecule has 3 heterocycles. The van der Waals surface area contributed by atoms with Gasteiger partial charge in [-0.3, -0.25) is 14.4 Å². The second-order valence-electron chi connectivity index (χ2n) is 10.1. The van der Waals surface area contributed by atoms with Crippen molar-refractivity contribution < 1.29 is 23.5 Å². The van der Waals surface area contributed by atoms with E-state index in [0.717, 1.165) is 24.8 Å². The molecule has 0 spiro atoms. The minimum atomic E-state index is -1.13. The van der Waals surface area contributed by atoms with Gasteiger partial charge < -0.3 is 25.2 Å². The van der Waals surface area contributed by atoms with Crippen molar-refractivity contribution in [3.63, 3.8) is 0 Å². The van der Waals surface area contributed by atoms with Crippen molar-refractivity contribution in [1.29, 1.82) is 0 Å². The van der Waals surface area contributed by atoms with E-state index in [-0.39, 0.29) is 31.3 Å². The highest BCUT2D eigenvalue weighted by atomic mass is 19.1. The summed E-state index contributed by atoms with van der Waals surface area (Å²) in [6.07, 6.45) is 20.7. The molecule has 8 nitrogen and oxygen atoms in total. The van der Waals surface area contributed by atoms with Crippen LogP contribution in [0.3, 0.4) is 0 Å². The first-order valence-corrected chi connectivity index (χ1v) is 15.9. The van der Waals surface area contributed by atoms with E-state index in [0.29, 0.717) is 56.6 Å². The van der Waals surface area contributed by atoms with Crippen molar-refractivity contribution in [3.05, 3.63) is 97.3 Å². The van der Waals surface area contributed by atoms with E-state index in [9.17, 15) is 14.4 Å². The Morgan fingerprint density at radius 1 is 1.09 bits per heavy atom. The highest BCUT2D eigenvalue weighted by molar-refractivity contribution is 5.92. The lowest BCUT2D eigenvalue weighted by atomic mass is 9.93. The van der Waals surface area contributed by atoms with Gasteiger partial charge in [-0.25, -0.2) is 4.39 Å². The van der Waals surface area contributed by atoms with E-state index in [2.05, 4.69) is 30.4 Å². The molecule has 4 aliphatic rings. The number of allylic oxidation sites excluding steroid dienone is 8. The highest BCUT2D eigenvalue weighted by Crippen LogP contribution is 2.36. The van der Waals surface area contributed by atoms with Crippen LogP contribution in [0.4, 0.5) is 4.39 Å². The number of rotatable bonds is 16. The van der Waals surface area contributed by atoms with Crippen LogP contribution >= 0.6 is 0 Å². The van der Waals surface area contributed by atoms with Crippen LogP contribution in [0.5, 0.6) is 0 Å². The summed E-state index contributed by atoms with van der Waals surface area (Å²) in [4.78, 5) is 43.1. The summed E-state index contributed by atoms with van der Waals surface area (Å²) in [6, 6.07) is -1.13. The summed E-state index contributed by atoms with van der Waals surface area (Å²) in [5.74, 6) is -1.10. The summed E-state index contributed by atoms with van der Waals surface area (Å²) in [7, 11) is 1.55. The van der Waals surface area contributed by atoms with E-state index >= 15 is 4.39 Å². The SMILES string of the molecule is C=C.C=CC/C=C\C=C\CNC(=O)C(C1=C2CCCC(=C1F)NC2)N(CCN1CCCC1=O)C(=O)CC/C=C/C=C/OC.CC. The molecule has 4 rings (SSSR count). The van der Waals surface area contributed by atoms with Crippen molar-refractivity contribution >= 4 is 17.7 Å². The first kappa shape index (κ1) is 38.9. The molecule has 3 amide bonds. The summed E-state index contributed by atoms with van der Waals surface area (Å²) in [5.41, 5.74) is 1.59. The van der Waals surface area contributed by atoms with Crippen molar-refractivity contribution in [1.82, 2.24) is 20.4 Å². The number of dihydropyridines is 1. The summed E-state index contributed by atoms with van der Waals surface area (Å²) in [6.45, 7) is 15.4.